The highest BCUT2D eigenvalue weighted by Gasteiger charge is 2.30. The Balaban J connectivity index is 4.03. The van der Waals surface area contributed by atoms with E-state index in [0.29, 0.717) is 13.0 Å². The van der Waals surface area contributed by atoms with Crippen LogP contribution in [0, 0.1) is 0 Å². The highest BCUT2D eigenvalue weighted by molar-refractivity contribution is 5.78. The van der Waals surface area contributed by atoms with Crippen LogP contribution in [0.1, 0.15) is 26.7 Å². The van der Waals surface area contributed by atoms with E-state index in [1.165, 1.54) is 0 Å². The van der Waals surface area contributed by atoms with Gasteiger partial charge < -0.3 is 15.3 Å². The molecule has 84 valence electrons. The molecule has 0 aliphatic carbocycles. The van der Waals surface area contributed by atoms with Crippen LogP contribution in [0.2, 0.25) is 0 Å². The molecule has 14 heavy (non-hydrogen) atoms. The second-order valence-corrected chi connectivity index (χ2v) is 4.07. The van der Waals surface area contributed by atoms with Gasteiger partial charge in [-0.05, 0) is 47.0 Å². The van der Waals surface area contributed by atoms with Gasteiger partial charge in [0, 0.05) is 0 Å². The van der Waals surface area contributed by atoms with Crippen molar-refractivity contribution in [3.8, 4) is 0 Å². The molecule has 0 radical (unpaired) electrons. The number of rotatable bonds is 7. The number of hydrogen-bond donors (Lipinski definition) is 2. The summed E-state index contributed by atoms with van der Waals surface area (Å²) in [5, 5.41) is 12.1. The van der Waals surface area contributed by atoms with E-state index < -0.39 is 11.5 Å². The van der Waals surface area contributed by atoms with E-state index in [1.54, 1.807) is 6.92 Å². The van der Waals surface area contributed by atoms with Crippen molar-refractivity contribution in [1.82, 2.24) is 10.2 Å². The summed E-state index contributed by atoms with van der Waals surface area (Å²) in [5.74, 6) is -0.766. The van der Waals surface area contributed by atoms with Crippen molar-refractivity contribution in [2.75, 3.05) is 27.2 Å². The third-order valence-electron chi connectivity index (χ3n) is 2.32. The van der Waals surface area contributed by atoms with Gasteiger partial charge in [-0.1, -0.05) is 6.92 Å². The van der Waals surface area contributed by atoms with Crippen LogP contribution >= 0.6 is 0 Å². The lowest BCUT2D eigenvalue weighted by Crippen LogP contribution is -2.49. The lowest BCUT2D eigenvalue weighted by molar-refractivity contribution is -0.144. The summed E-state index contributed by atoms with van der Waals surface area (Å²) in [7, 11) is 3.98. The first kappa shape index (κ1) is 13.4. The Hall–Kier alpha value is -0.610. The van der Waals surface area contributed by atoms with Gasteiger partial charge in [0.05, 0.1) is 0 Å². The van der Waals surface area contributed by atoms with E-state index in [9.17, 15) is 4.79 Å². The molecule has 0 aliphatic heterocycles. The van der Waals surface area contributed by atoms with Crippen LogP contribution in [0.3, 0.4) is 0 Å². The minimum absolute atomic E-state index is 0.661. The molecule has 2 N–H and O–H groups in total. The summed E-state index contributed by atoms with van der Waals surface area (Å²) in [6.45, 7) is 5.28. The smallest absolute Gasteiger partial charge is 0.323 e. The van der Waals surface area contributed by atoms with E-state index in [1.807, 2.05) is 21.0 Å². The average molecular weight is 202 g/mol. The van der Waals surface area contributed by atoms with Crippen LogP contribution in [-0.2, 0) is 4.79 Å². The maximum atomic E-state index is 11.0. The van der Waals surface area contributed by atoms with Crippen molar-refractivity contribution < 1.29 is 9.90 Å². The van der Waals surface area contributed by atoms with Gasteiger partial charge in [0.25, 0.3) is 0 Å². The molecule has 0 saturated heterocycles. The van der Waals surface area contributed by atoms with Crippen molar-refractivity contribution in [2.24, 2.45) is 0 Å². The van der Waals surface area contributed by atoms with Crippen molar-refractivity contribution in [2.45, 2.75) is 32.2 Å². The minimum atomic E-state index is -0.773. The monoisotopic (exact) mass is 202 g/mol. The van der Waals surface area contributed by atoms with Crippen LogP contribution in [0.25, 0.3) is 0 Å². The molecule has 4 heteroatoms. The maximum absolute atomic E-state index is 11.0. The lowest BCUT2D eigenvalue weighted by atomic mass is 9.96. The molecule has 0 rings (SSSR count). The van der Waals surface area contributed by atoms with Crippen molar-refractivity contribution in [3.63, 3.8) is 0 Å². The highest BCUT2D eigenvalue weighted by Crippen LogP contribution is 2.12. The van der Waals surface area contributed by atoms with Crippen LogP contribution in [0.5, 0.6) is 0 Å². The molecule has 0 fully saturated rings. The number of aliphatic carboxylic acids is 1. The highest BCUT2D eigenvalue weighted by atomic mass is 16.4. The zero-order valence-electron chi connectivity index (χ0n) is 9.63. The molecule has 0 aliphatic rings. The Kier molecular flexibility index (Phi) is 5.72. The van der Waals surface area contributed by atoms with Crippen LogP contribution in [-0.4, -0.2) is 48.7 Å². The summed E-state index contributed by atoms with van der Waals surface area (Å²) >= 11 is 0. The fraction of sp³-hybridized carbons (Fsp3) is 0.900. The number of nitrogens with one attached hydrogen (secondary N) is 1. The average Bonchev–Trinajstić information content (AvgIpc) is 2.03. The van der Waals surface area contributed by atoms with Gasteiger partial charge >= 0.3 is 5.97 Å². The van der Waals surface area contributed by atoms with Crippen LogP contribution in [0.15, 0.2) is 0 Å². The molecular formula is C10H22N2O2. The molecule has 4 nitrogen and oxygen atoms in total. The molecule has 0 aromatic heterocycles. The Bertz CT molecular complexity index is 183. The lowest BCUT2D eigenvalue weighted by Gasteiger charge is -2.26. The molecule has 1 unspecified atom stereocenters. The second kappa shape index (κ2) is 5.98. The Morgan fingerprint density at radius 3 is 2.43 bits per heavy atom. The van der Waals surface area contributed by atoms with Gasteiger partial charge in [-0.25, -0.2) is 0 Å². The number of hydrogen-bond acceptors (Lipinski definition) is 3. The van der Waals surface area contributed by atoms with E-state index in [4.69, 9.17) is 5.11 Å². The van der Waals surface area contributed by atoms with Crippen molar-refractivity contribution in [1.29, 1.82) is 0 Å². The summed E-state index contributed by atoms with van der Waals surface area (Å²) < 4.78 is 0. The molecule has 0 spiro atoms. The quantitative estimate of drug-likeness (QED) is 0.640. The number of carboxylic acids is 1. The summed E-state index contributed by atoms with van der Waals surface area (Å²) in [6.07, 6.45) is 1.55. The molecule has 0 saturated carbocycles. The Morgan fingerprint density at radius 2 is 2.07 bits per heavy atom. The zero-order chi connectivity index (χ0) is 11.2. The number of carboxylic acid groups (broad SMARTS) is 1. The minimum Gasteiger partial charge on any atom is -0.480 e. The zero-order valence-corrected chi connectivity index (χ0v) is 9.63. The SMILES string of the molecule is CCNC(C)(CCCN(C)C)C(=O)O. The van der Waals surface area contributed by atoms with Crippen LogP contribution in [0.4, 0.5) is 0 Å². The number of nitrogens with zero attached hydrogens (tertiary/aromatic N) is 1. The summed E-state index contributed by atoms with van der Waals surface area (Å²) in [6, 6.07) is 0. The molecule has 0 heterocycles. The molecular weight excluding hydrogens is 180 g/mol. The van der Waals surface area contributed by atoms with Crippen molar-refractivity contribution in [3.05, 3.63) is 0 Å². The van der Waals surface area contributed by atoms with Crippen molar-refractivity contribution >= 4 is 5.97 Å². The van der Waals surface area contributed by atoms with Gasteiger partial charge in [0.2, 0.25) is 0 Å². The fourth-order valence-electron chi connectivity index (χ4n) is 1.41. The van der Waals surface area contributed by atoms with Crippen LogP contribution < -0.4 is 5.32 Å². The Labute approximate surface area is 86.3 Å². The van der Waals surface area contributed by atoms with Gasteiger partial charge in [-0.2, -0.15) is 0 Å². The first-order chi connectivity index (χ1) is 6.42. The predicted molar refractivity (Wildman–Crippen MR) is 57.5 cm³/mol. The molecule has 0 aromatic carbocycles. The maximum Gasteiger partial charge on any atom is 0.323 e. The van der Waals surface area contributed by atoms with Gasteiger partial charge in [0.1, 0.15) is 5.54 Å². The molecule has 0 amide bonds. The van der Waals surface area contributed by atoms with E-state index >= 15 is 0 Å². The van der Waals surface area contributed by atoms with E-state index in [2.05, 4.69) is 10.2 Å². The topological polar surface area (TPSA) is 52.6 Å². The van der Waals surface area contributed by atoms with E-state index in [-0.39, 0.29) is 0 Å². The second-order valence-electron chi connectivity index (χ2n) is 4.07. The molecule has 0 bridgehead atoms. The first-order valence-electron chi connectivity index (χ1n) is 5.05. The normalized spacial score (nSPS) is 15.5. The van der Waals surface area contributed by atoms with E-state index in [0.717, 1.165) is 13.0 Å². The summed E-state index contributed by atoms with van der Waals surface area (Å²) in [5.41, 5.74) is -0.773. The summed E-state index contributed by atoms with van der Waals surface area (Å²) in [4.78, 5) is 13.1. The molecule has 1 atom stereocenters. The molecule has 0 aromatic rings. The fourth-order valence-corrected chi connectivity index (χ4v) is 1.41. The predicted octanol–water partition coefficient (Wildman–Crippen LogP) is 0.781. The third-order valence-corrected chi connectivity index (χ3v) is 2.32. The standard InChI is InChI=1S/C10H22N2O2/c1-5-11-10(2,9(13)14)7-6-8-12(3)4/h11H,5-8H2,1-4H3,(H,13,14). The van der Waals surface area contributed by atoms with Gasteiger partial charge in [-0.15, -0.1) is 0 Å². The number of likely N-dealkylation sites (N-methyl/N-ethyl adjacent to an activating group) is 1. The van der Waals surface area contributed by atoms with Gasteiger partial charge in [-0.3, -0.25) is 4.79 Å². The third kappa shape index (κ3) is 4.58. The van der Waals surface area contributed by atoms with Gasteiger partial charge in [0.15, 0.2) is 0 Å². The number of carbonyl (C=O) groups is 1. The first-order valence-corrected chi connectivity index (χ1v) is 5.05. The largest absolute Gasteiger partial charge is 0.480 e. The Morgan fingerprint density at radius 1 is 1.50 bits per heavy atom.